The van der Waals surface area contributed by atoms with Crippen molar-refractivity contribution in [1.29, 1.82) is 0 Å². The molecule has 1 aliphatic rings. The van der Waals surface area contributed by atoms with Crippen LogP contribution >= 0.6 is 12.2 Å². The Bertz CT molecular complexity index is 1340. The Balaban J connectivity index is 1.35. The molecule has 0 aliphatic carbocycles. The van der Waals surface area contributed by atoms with E-state index in [2.05, 4.69) is 102 Å². The standard InChI is InChI=1S/C31H31N5S/c1-2-3-10-24-23-35(29-19-15-27(16-20-29)32-25-11-6-4-7-12-25)34-36(31(24)37)30-21-17-28(18-22-30)33-26-13-8-5-9-14-26/h4-9,11-23,32-34H,2-3,10H2,1H3. The van der Waals surface area contributed by atoms with Gasteiger partial charge in [0.1, 0.15) is 4.99 Å². The number of unbranched alkanes of at least 4 members (excludes halogenated alkanes) is 1. The molecule has 1 heterocycles. The van der Waals surface area contributed by atoms with Crippen molar-refractivity contribution < 1.29 is 0 Å². The molecule has 0 saturated carbocycles. The van der Waals surface area contributed by atoms with Gasteiger partial charge in [-0.2, -0.15) is 0 Å². The third kappa shape index (κ3) is 6.17. The molecule has 6 heteroatoms. The summed E-state index contributed by atoms with van der Waals surface area (Å²) in [5.74, 6) is 0. The highest BCUT2D eigenvalue weighted by atomic mass is 32.1. The number of benzene rings is 4. The number of hydrogen-bond acceptors (Lipinski definition) is 5. The van der Waals surface area contributed by atoms with Gasteiger partial charge in [0.2, 0.25) is 0 Å². The lowest BCUT2D eigenvalue weighted by atomic mass is 10.1. The predicted octanol–water partition coefficient (Wildman–Crippen LogP) is 8.32. The third-order valence-corrected chi connectivity index (χ3v) is 6.61. The van der Waals surface area contributed by atoms with E-state index in [-0.39, 0.29) is 0 Å². The zero-order valence-electron chi connectivity index (χ0n) is 20.9. The first kappa shape index (κ1) is 24.6. The van der Waals surface area contributed by atoms with Crippen LogP contribution in [-0.4, -0.2) is 4.99 Å². The van der Waals surface area contributed by atoms with E-state index < -0.39 is 0 Å². The molecule has 37 heavy (non-hydrogen) atoms. The number of hydrazine groups is 2. The fourth-order valence-corrected chi connectivity index (χ4v) is 4.46. The van der Waals surface area contributed by atoms with Crippen molar-refractivity contribution in [2.75, 3.05) is 20.7 Å². The van der Waals surface area contributed by atoms with Crippen LogP contribution in [0.2, 0.25) is 0 Å². The zero-order chi connectivity index (χ0) is 25.5. The Hall–Kier alpha value is -4.13. The number of hydrogen-bond donors (Lipinski definition) is 3. The van der Waals surface area contributed by atoms with E-state index in [9.17, 15) is 0 Å². The Labute approximate surface area is 224 Å². The highest BCUT2D eigenvalue weighted by Gasteiger charge is 2.24. The molecular weight excluding hydrogens is 474 g/mol. The summed E-state index contributed by atoms with van der Waals surface area (Å²) in [7, 11) is 0. The molecule has 0 aromatic heterocycles. The second kappa shape index (κ2) is 11.7. The fourth-order valence-electron chi connectivity index (χ4n) is 4.16. The monoisotopic (exact) mass is 505 g/mol. The van der Waals surface area contributed by atoms with Crippen LogP contribution in [0.5, 0.6) is 0 Å². The minimum atomic E-state index is 0.802. The smallest absolute Gasteiger partial charge is 0.127 e. The molecular formula is C31H31N5S. The zero-order valence-corrected chi connectivity index (χ0v) is 21.7. The minimum Gasteiger partial charge on any atom is -0.356 e. The molecule has 5 rings (SSSR count). The summed E-state index contributed by atoms with van der Waals surface area (Å²) >= 11 is 5.92. The average molecular weight is 506 g/mol. The van der Waals surface area contributed by atoms with E-state index in [0.717, 1.165) is 63.9 Å². The highest BCUT2D eigenvalue weighted by Crippen LogP contribution is 2.28. The molecule has 4 aromatic carbocycles. The molecule has 4 aromatic rings. The quantitative estimate of drug-likeness (QED) is 0.199. The normalized spacial score (nSPS) is 13.3. The summed E-state index contributed by atoms with van der Waals surface area (Å²) in [6, 6.07) is 37.0. The molecule has 0 saturated heterocycles. The maximum atomic E-state index is 5.92. The lowest BCUT2D eigenvalue weighted by Gasteiger charge is -2.38. The van der Waals surface area contributed by atoms with E-state index in [1.165, 1.54) is 0 Å². The molecule has 5 nitrogen and oxygen atoms in total. The van der Waals surface area contributed by atoms with Crippen molar-refractivity contribution in [3.8, 4) is 0 Å². The van der Waals surface area contributed by atoms with Gasteiger partial charge in [-0.05, 0) is 85.6 Å². The first-order valence-corrected chi connectivity index (χ1v) is 13.1. The van der Waals surface area contributed by atoms with Crippen LogP contribution in [0.3, 0.4) is 0 Å². The maximum absolute atomic E-state index is 5.92. The highest BCUT2D eigenvalue weighted by molar-refractivity contribution is 7.81. The van der Waals surface area contributed by atoms with Gasteiger partial charge in [-0.25, -0.2) is 5.01 Å². The van der Waals surface area contributed by atoms with Crippen LogP contribution in [0.15, 0.2) is 121 Å². The summed E-state index contributed by atoms with van der Waals surface area (Å²) in [6.07, 6.45) is 5.27. The fraction of sp³-hybridized carbons (Fsp3) is 0.129. The first-order valence-electron chi connectivity index (χ1n) is 12.6. The number of rotatable bonds is 9. The molecule has 1 aliphatic heterocycles. The number of para-hydroxylation sites is 2. The van der Waals surface area contributed by atoms with E-state index in [1.54, 1.807) is 0 Å². The van der Waals surface area contributed by atoms with Crippen LogP contribution in [0.1, 0.15) is 26.2 Å². The molecule has 0 fully saturated rings. The number of nitrogens with zero attached hydrogens (tertiary/aromatic N) is 2. The van der Waals surface area contributed by atoms with Crippen LogP contribution < -0.4 is 26.2 Å². The van der Waals surface area contributed by atoms with E-state index >= 15 is 0 Å². The second-order valence-corrected chi connectivity index (χ2v) is 9.33. The maximum Gasteiger partial charge on any atom is 0.127 e. The van der Waals surface area contributed by atoms with Crippen LogP contribution in [-0.2, 0) is 0 Å². The van der Waals surface area contributed by atoms with Gasteiger partial charge in [0, 0.05) is 34.5 Å². The molecule has 0 atom stereocenters. The summed E-state index contributed by atoms with van der Waals surface area (Å²) in [5, 5.41) is 10.9. The number of nitrogens with one attached hydrogen (secondary N) is 3. The Morgan fingerprint density at radius 2 is 1.14 bits per heavy atom. The van der Waals surface area contributed by atoms with Crippen molar-refractivity contribution in [1.82, 2.24) is 5.53 Å². The van der Waals surface area contributed by atoms with Crippen molar-refractivity contribution in [3.63, 3.8) is 0 Å². The largest absolute Gasteiger partial charge is 0.356 e. The Morgan fingerprint density at radius 3 is 1.65 bits per heavy atom. The Kier molecular flexibility index (Phi) is 7.79. The van der Waals surface area contributed by atoms with Crippen LogP contribution in [0, 0.1) is 0 Å². The second-order valence-electron chi connectivity index (χ2n) is 8.94. The van der Waals surface area contributed by atoms with Gasteiger partial charge in [-0.3, -0.25) is 5.01 Å². The van der Waals surface area contributed by atoms with E-state index in [0.29, 0.717) is 0 Å². The molecule has 0 radical (unpaired) electrons. The lowest BCUT2D eigenvalue weighted by Crippen LogP contribution is -2.54. The average Bonchev–Trinajstić information content (AvgIpc) is 2.95. The van der Waals surface area contributed by atoms with Crippen LogP contribution in [0.4, 0.5) is 34.1 Å². The molecule has 0 amide bonds. The van der Waals surface area contributed by atoms with Crippen molar-refractivity contribution in [2.24, 2.45) is 0 Å². The summed E-state index contributed by atoms with van der Waals surface area (Å²) in [4.78, 5) is 0.802. The Morgan fingerprint density at radius 1 is 0.649 bits per heavy atom. The third-order valence-electron chi connectivity index (χ3n) is 6.17. The molecule has 0 unspecified atom stereocenters. The summed E-state index contributed by atoms with van der Waals surface area (Å²) in [5.41, 5.74) is 10.8. The van der Waals surface area contributed by atoms with Gasteiger partial charge in [-0.1, -0.05) is 62.0 Å². The van der Waals surface area contributed by atoms with Gasteiger partial charge in [-0.15, -0.1) is 5.53 Å². The topological polar surface area (TPSA) is 42.6 Å². The molecule has 0 spiro atoms. The first-order chi connectivity index (χ1) is 18.2. The number of thiocarbonyl (C=S) groups is 1. The van der Waals surface area contributed by atoms with Gasteiger partial charge < -0.3 is 10.6 Å². The van der Waals surface area contributed by atoms with Crippen LogP contribution in [0.25, 0.3) is 0 Å². The van der Waals surface area contributed by atoms with E-state index in [4.69, 9.17) is 12.2 Å². The van der Waals surface area contributed by atoms with Gasteiger partial charge in [0.05, 0.1) is 11.4 Å². The predicted molar refractivity (Wildman–Crippen MR) is 161 cm³/mol. The SMILES string of the molecule is CCCCC1=CN(c2ccc(Nc3ccccc3)cc2)NN(c2ccc(Nc3ccccc3)cc2)C1=S. The van der Waals surface area contributed by atoms with Gasteiger partial charge in [0.25, 0.3) is 0 Å². The molecule has 3 N–H and O–H groups in total. The number of anilines is 6. The lowest BCUT2D eigenvalue weighted by molar-refractivity contribution is 0.702. The molecule has 0 bridgehead atoms. The van der Waals surface area contributed by atoms with Crippen molar-refractivity contribution in [3.05, 3.63) is 121 Å². The van der Waals surface area contributed by atoms with E-state index in [1.807, 2.05) is 46.4 Å². The molecule has 186 valence electrons. The van der Waals surface area contributed by atoms with Crippen molar-refractivity contribution >= 4 is 51.3 Å². The summed E-state index contributed by atoms with van der Waals surface area (Å²) < 4.78 is 0. The van der Waals surface area contributed by atoms with Gasteiger partial charge in [0.15, 0.2) is 0 Å². The van der Waals surface area contributed by atoms with Crippen molar-refractivity contribution in [2.45, 2.75) is 26.2 Å². The summed E-state index contributed by atoms with van der Waals surface area (Å²) in [6.45, 7) is 2.21. The van der Waals surface area contributed by atoms with Gasteiger partial charge >= 0.3 is 0 Å². The minimum absolute atomic E-state index is 0.802.